The molecule has 4 N–H and O–H groups in total. The lowest BCUT2D eigenvalue weighted by molar-refractivity contribution is 1.00. The molecular formula is C12H16N4OS. The lowest BCUT2D eigenvalue weighted by Crippen LogP contribution is -2.14. The smallest absolute Gasteiger partial charge is 0.258 e. The van der Waals surface area contributed by atoms with Crippen LogP contribution < -0.4 is 16.6 Å². The molecule has 1 heterocycles. The number of rotatable bonds is 4. The Kier molecular flexibility index (Phi) is 3.76. The molecule has 2 rings (SSSR count). The monoisotopic (exact) mass is 264 g/mol. The van der Waals surface area contributed by atoms with Crippen LogP contribution in [0.1, 0.15) is 6.92 Å². The van der Waals surface area contributed by atoms with E-state index >= 15 is 0 Å². The molecular weight excluding hydrogens is 248 g/mol. The molecule has 0 aliphatic carbocycles. The van der Waals surface area contributed by atoms with Gasteiger partial charge in [-0.2, -0.15) is 11.8 Å². The molecule has 0 amide bonds. The summed E-state index contributed by atoms with van der Waals surface area (Å²) in [5.41, 5.74) is 7.79. The molecule has 5 nitrogen and oxygen atoms in total. The number of nitrogens with one attached hydrogen (secondary N) is 2. The van der Waals surface area contributed by atoms with Crippen molar-refractivity contribution in [3.63, 3.8) is 0 Å². The minimum Gasteiger partial charge on any atom is -0.397 e. The predicted molar refractivity (Wildman–Crippen MR) is 78.2 cm³/mol. The maximum atomic E-state index is 11.6. The van der Waals surface area contributed by atoms with Crippen LogP contribution in [0.5, 0.6) is 0 Å². The number of aromatic nitrogens is 2. The summed E-state index contributed by atoms with van der Waals surface area (Å²) in [5, 5.41) is 4.28. The number of hydrogen-bond donors (Lipinski definition) is 3. The van der Waals surface area contributed by atoms with Crippen LogP contribution in [-0.4, -0.2) is 28.0 Å². The van der Waals surface area contributed by atoms with Crippen LogP contribution in [0.25, 0.3) is 10.9 Å². The van der Waals surface area contributed by atoms with E-state index in [4.69, 9.17) is 5.73 Å². The average molecular weight is 264 g/mol. The Morgan fingerprint density at radius 2 is 2.33 bits per heavy atom. The highest BCUT2D eigenvalue weighted by molar-refractivity contribution is 7.99. The van der Waals surface area contributed by atoms with Crippen LogP contribution in [0, 0.1) is 0 Å². The highest BCUT2D eigenvalue weighted by Crippen LogP contribution is 2.23. The molecule has 2 aromatic rings. The van der Waals surface area contributed by atoms with Gasteiger partial charge in [0.25, 0.3) is 5.56 Å². The van der Waals surface area contributed by atoms with Crippen LogP contribution in [0.15, 0.2) is 23.3 Å². The van der Waals surface area contributed by atoms with Crippen molar-refractivity contribution in [1.82, 2.24) is 9.97 Å². The van der Waals surface area contributed by atoms with Gasteiger partial charge in [-0.1, -0.05) is 6.92 Å². The van der Waals surface area contributed by atoms with Gasteiger partial charge in [0.1, 0.15) is 0 Å². The minimum absolute atomic E-state index is 0.171. The van der Waals surface area contributed by atoms with Crippen LogP contribution in [-0.2, 0) is 0 Å². The Morgan fingerprint density at radius 3 is 3.06 bits per heavy atom. The first-order chi connectivity index (χ1) is 8.61. The van der Waals surface area contributed by atoms with Gasteiger partial charge in [0.05, 0.1) is 28.6 Å². The lowest BCUT2D eigenvalue weighted by atomic mass is 10.2. The molecule has 0 saturated heterocycles. The first kappa shape index (κ1) is 12.8. The fraction of sp³-hybridized carbons (Fsp3) is 0.333. The van der Waals surface area contributed by atoms with E-state index < -0.39 is 0 Å². The zero-order chi connectivity index (χ0) is 13.1. The van der Waals surface area contributed by atoms with Gasteiger partial charge in [0.15, 0.2) is 0 Å². The molecule has 96 valence electrons. The number of benzene rings is 1. The van der Waals surface area contributed by atoms with Gasteiger partial charge in [0.2, 0.25) is 0 Å². The Hall–Kier alpha value is -1.69. The van der Waals surface area contributed by atoms with Crippen molar-refractivity contribution in [2.45, 2.75) is 12.2 Å². The average Bonchev–Trinajstić information content (AvgIpc) is 2.37. The van der Waals surface area contributed by atoms with Gasteiger partial charge in [-0.25, -0.2) is 4.98 Å². The van der Waals surface area contributed by atoms with Crippen molar-refractivity contribution in [2.75, 3.05) is 23.9 Å². The minimum atomic E-state index is -0.171. The summed E-state index contributed by atoms with van der Waals surface area (Å²) in [6.45, 7) is 2.96. The molecule has 1 aromatic heterocycles. The van der Waals surface area contributed by atoms with Crippen molar-refractivity contribution in [3.8, 4) is 0 Å². The molecule has 1 aromatic carbocycles. The van der Waals surface area contributed by atoms with Gasteiger partial charge in [-0.15, -0.1) is 0 Å². The summed E-state index contributed by atoms with van der Waals surface area (Å²) in [5.74, 6) is 0. The number of hydrogen-bond acceptors (Lipinski definition) is 5. The van der Waals surface area contributed by atoms with Gasteiger partial charge < -0.3 is 16.0 Å². The van der Waals surface area contributed by atoms with Crippen LogP contribution in [0.3, 0.4) is 0 Å². The van der Waals surface area contributed by atoms with E-state index in [1.165, 1.54) is 6.33 Å². The maximum Gasteiger partial charge on any atom is 0.258 e. The number of nitrogens with zero attached hydrogens (tertiary/aromatic N) is 1. The highest BCUT2D eigenvalue weighted by Gasteiger charge is 2.06. The number of anilines is 2. The summed E-state index contributed by atoms with van der Waals surface area (Å²) in [6, 6.07) is 3.47. The molecule has 0 aliphatic rings. The molecule has 1 atom stereocenters. The fourth-order valence-electron chi connectivity index (χ4n) is 1.62. The predicted octanol–water partition coefficient (Wildman–Crippen LogP) is 1.67. The third-order valence-electron chi connectivity index (χ3n) is 2.79. The van der Waals surface area contributed by atoms with Crippen molar-refractivity contribution in [2.24, 2.45) is 0 Å². The third-order valence-corrected chi connectivity index (χ3v) is 3.77. The van der Waals surface area contributed by atoms with Gasteiger partial charge >= 0.3 is 0 Å². The van der Waals surface area contributed by atoms with Crippen molar-refractivity contribution < 1.29 is 0 Å². The normalized spacial score (nSPS) is 12.6. The SMILES string of the molecule is CSC(C)CNc1cc2nc[nH]c(=O)c2cc1N. The Bertz CT molecular complexity index is 611. The molecule has 0 bridgehead atoms. The largest absolute Gasteiger partial charge is 0.397 e. The van der Waals surface area contributed by atoms with Gasteiger partial charge in [-0.3, -0.25) is 4.79 Å². The van der Waals surface area contributed by atoms with E-state index in [0.717, 1.165) is 12.2 Å². The standard InChI is InChI=1S/C12H16N4OS/c1-7(18-2)5-14-11-4-10-8(3-9(11)13)12(17)16-6-15-10/h3-4,6-7,14H,5,13H2,1-2H3,(H,15,16,17). The number of aromatic amines is 1. The Balaban J connectivity index is 2.35. The van der Waals surface area contributed by atoms with E-state index in [1.54, 1.807) is 17.8 Å². The second-order valence-corrected chi connectivity index (χ2v) is 5.39. The molecule has 6 heteroatoms. The Morgan fingerprint density at radius 1 is 1.56 bits per heavy atom. The zero-order valence-electron chi connectivity index (χ0n) is 10.4. The number of H-pyrrole nitrogens is 1. The van der Waals surface area contributed by atoms with Gasteiger partial charge in [0, 0.05) is 11.8 Å². The molecule has 0 aliphatic heterocycles. The number of nitrogen functional groups attached to an aromatic ring is 1. The zero-order valence-corrected chi connectivity index (χ0v) is 11.2. The van der Waals surface area contributed by atoms with Crippen LogP contribution in [0.4, 0.5) is 11.4 Å². The molecule has 0 radical (unpaired) electrons. The lowest BCUT2D eigenvalue weighted by Gasteiger charge is -2.13. The first-order valence-corrected chi connectivity index (χ1v) is 6.94. The maximum absolute atomic E-state index is 11.6. The van der Waals surface area contributed by atoms with Gasteiger partial charge in [-0.05, 0) is 18.4 Å². The first-order valence-electron chi connectivity index (χ1n) is 5.65. The third kappa shape index (κ3) is 2.59. The van der Waals surface area contributed by atoms with E-state index in [2.05, 4.69) is 28.5 Å². The topological polar surface area (TPSA) is 83.8 Å². The Labute approximate surface area is 109 Å². The van der Waals surface area contributed by atoms with Crippen molar-refractivity contribution in [3.05, 3.63) is 28.8 Å². The molecule has 0 fully saturated rings. The van der Waals surface area contributed by atoms with Crippen molar-refractivity contribution in [1.29, 1.82) is 0 Å². The number of nitrogens with two attached hydrogens (primary N) is 1. The number of thioether (sulfide) groups is 1. The van der Waals surface area contributed by atoms with E-state index in [1.807, 2.05) is 6.07 Å². The molecule has 1 unspecified atom stereocenters. The van der Waals surface area contributed by atoms with Crippen LogP contribution in [0.2, 0.25) is 0 Å². The second-order valence-electron chi connectivity index (χ2n) is 4.12. The quantitative estimate of drug-likeness (QED) is 0.732. The van der Waals surface area contributed by atoms with E-state index in [-0.39, 0.29) is 5.56 Å². The second kappa shape index (κ2) is 5.30. The summed E-state index contributed by atoms with van der Waals surface area (Å²) < 4.78 is 0. The van der Waals surface area contributed by atoms with Crippen molar-refractivity contribution >= 4 is 34.0 Å². The molecule has 18 heavy (non-hydrogen) atoms. The van der Waals surface area contributed by atoms with Crippen LogP contribution >= 0.6 is 11.8 Å². The molecule has 0 spiro atoms. The fourth-order valence-corrected chi connectivity index (χ4v) is 1.87. The molecule has 0 saturated carbocycles. The summed E-state index contributed by atoms with van der Waals surface area (Å²) >= 11 is 1.78. The van der Waals surface area contributed by atoms with E-state index in [0.29, 0.717) is 21.8 Å². The summed E-state index contributed by atoms with van der Waals surface area (Å²) in [4.78, 5) is 18.2. The summed E-state index contributed by atoms with van der Waals surface area (Å²) in [6.07, 6.45) is 3.46. The highest BCUT2D eigenvalue weighted by atomic mass is 32.2. The summed E-state index contributed by atoms with van der Waals surface area (Å²) in [7, 11) is 0. The number of fused-ring (bicyclic) bond motifs is 1. The van der Waals surface area contributed by atoms with E-state index in [9.17, 15) is 4.79 Å².